The molecule has 0 saturated carbocycles. The van der Waals surface area contributed by atoms with Gasteiger partial charge in [0.25, 0.3) is 0 Å². The molecule has 0 unspecified atom stereocenters. The third-order valence-electron chi connectivity index (χ3n) is 1.63. The van der Waals surface area contributed by atoms with Crippen molar-refractivity contribution in [2.75, 3.05) is 6.61 Å². The van der Waals surface area contributed by atoms with Gasteiger partial charge in [-0.2, -0.15) is 0 Å². The maximum absolute atomic E-state index is 11.1. The number of carbonyl (C=O) groups is 1. The van der Waals surface area contributed by atoms with E-state index in [-0.39, 0.29) is 12.4 Å². The molecule has 1 rings (SSSR count). The van der Waals surface area contributed by atoms with Gasteiger partial charge in [0.15, 0.2) is 5.60 Å². The molecule has 3 nitrogen and oxygen atoms in total. The van der Waals surface area contributed by atoms with Gasteiger partial charge in [0, 0.05) is 12.5 Å². The summed E-state index contributed by atoms with van der Waals surface area (Å²) >= 11 is 0. The molecule has 0 aromatic rings. The van der Waals surface area contributed by atoms with Crippen LogP contribution in [0.4, 0.5) is 0 Å². The Morgan fingerprint density at radius 3 is 2.64 bits per heavy atom. The van der Waals surface area contributed by atoms with E-state index in [9.17, 15) is 4.79 Å². The summed E-state index contributed by atoms with van der Waals surface area (Å²) < 4.78 is 5.25. The van der Waals surface area contributed by atoms with Crippen molar-refractivity contribution in [3.63, 3.8) is 0 Å². The molecule has 0 amide bonds. The molecule has 62 valence electrons. The zero-order valence-electron chi connectivity index (χ0n) is 6.76. The molecule has 0 atom stereocenters. The molecule has 0 fully saturated rings. The fraction of sp³-hybridized carbons (Fsp3) is 0.625. The Kier molecular flexibility index (Phi) is 2.00. The van der Waals surface area contributed by atoms with E-state index in [0.29, 0.717) is 12.2 Å². The number of aliphatic hydroxyl groups excluding tert-OH is 1. The molecule has 3 heteroatoms. The lowest BCUT2D eigenvalue weighted by molar-refractivity contribution is -0.127. The van der Waals surface area contributed by atoms with Crippen LogP contribution in [0.15, 0.2) is 11.8 Å². The van der Waals surface area contributed by atoms with Crippen LogP contribution < -0.4 is 0 Å². The Hall–Kier alpha value is -0.830. The topological polar surface area (TPSA) is 46.5 Å². The molecule has 0 aliphatic carbocycles. The van der Waals surface area contributed by atoms with E-state index < -0.39 is 5.60 Å². The normalized spacial score (nSPS) is 21.4. The van der Waals surface area contributed by atoms with Crippen molar-refractivity contribution in [2.45, 2.75) is 25.9 Å². The summed E-state index contributed by atoms with van der Waals surface area (Å²) in [6.45, 7) is 3.46. The summed E-state index contributed by atoms with van der Waals surface area (Å²) in [7, 11) is 0. The van der Waals surface area contributed by atoms with Gasteiger partial charge >= 0.3 is 0 Å². The third kappa shape index (κ3) is 1.60. The van der Waals surface area contributed by atoms with Crippen molar-refractivity contribution >= 4 is 5.78 Å². The highest BCUT2D eigenvalue weighted by atomic mass is 16.5. The quantitative estimate of drug-likeness (QED) is 0.637. The molecular formula is C8H12O3. The fourth-order valence-corrected chi connectivity index (χ4v) is 0.961. The van der Waals surface area contributed by atoms with Crippen molar-refractivity contribution in [3.05, 3.63) is 11.8 Å². The number of carbonyl (C=O) groups excluding carboxylic acids is 1. The average Bonchev–Trinajstić information content (AvgIpc) is 2.08. The van der Waals surface area contributed by atoms with Crippen molar-refractivity contribution in [1.82, 2.24) is 0 Å². The van der Waals surface area contributed by atoms with Crippen LogP contribution in [0.5, 0.6) is 0 Å². The Morgan fingerprint density at radius 2 is 2.27 bits per heavy atom. The lowest BCUT2D eigenvalue weighted by Gasteiger charge is -2.17. The van der Waals surface area contributed by atoms with Gasteiger partial charge in [-0.15, -0.1) is 0 Å². The summed E-state index contributed by atoms with van der Waals surface area (Å²) in [4.78, 5) is 11.1. The molecule has 1 N–H and O–H groups in total. The Bertz CT molecular complexity index is 203. The van der Waals surface area contributed by atoms with Gasteiger partial charge in [0.2, 0.25) is 5.78 Å². The molecule has 1 aliphatic rings. The Labute approximate surface area is 65.7 Å². The first-order valence-corrected chi connectivity index (χ1v) is 3.61. The van der Waals surface area contributed by atoms with Gasteiger partial charge in [0.05, 0.1) is 6.61 Å². The number of ether oxygens (including phenoxy) is 1. The van der Waals surface area contributed by atoms with E-state index in [1.165, 1.54) is 6.08 Å². The van der Waals surface area contributed by atoms with E-state index in [4.69, 9.17) is 9.84 Å². The van der Waals surface area contributed by atoms with Gasteiger partial charge < -0.3 is 9.84 Å². The number of aliphatic hydroxyl groups is 1. The van der Waals surface area contributed by atoms with Crippen LogP contribution in [-0.2, 0) is 9.53 Å². The summed E-state index contributed by atoms with van der Waals surface area (Å²) in [5.41, 5.74) is -0.718. The maximum atomic E-state index is 11.1. The molecule has 11 heavy (non-hydrogen) atoms. The van der Waals surface area contributed by atoms with E-state index in [2.05, 4.69) is 0 Å². The van der Waals surface area contributed by atoms with Crippen LogP contribution in [0.25, 0.3) is 0 Å². The van der Waals surface area contributed by atoms with Gasteiger partial charge in [-0.05, 0) is 13.8 Å². The van der Waals surface area contributed by atoms with Gasteiger partial charge in [-0.3, -0.25) is 4.79 Å². The molecule has 0 aromatic heterocycles. The SMILES string of the molecule is CC1(C)OC(CCO)=CC1=O. The Morgan fingerprint density at radius 1 is 1.64 bits per heavy atom. The van der Waals surface area contributed by atoms with Crippen LogP contribution in [0.3, 0.4) is 0 Å². The fourth-order valence-electron chi connectivity index (χ4n) is 0.961. The van der Waals surface area contributed by atoms with Gasteiger partial charge in [0.1, 0.15) is 5.76 Å². The first kappa shape index (κ1) is 8.27. The highest BCUT2D eigenvalue weighted by Crippen LogP contribution is 2.25. The maximum Gasteiger partial charge on any atom is 0.201 e. The predicted octanol–water partition coefficient (Wildman–Crippen LogP) is 0.631. The zero-order valence-corrected chi connectivity index (χ0v) is 6.76. The number of hydrogen-bond acceptors (Lipinski definition) is 3. The lowest BCUT2D eigenvalue weighted by atomic mass is 10.1. The molecule has 1 aliphatic heterocycles. The molecule has 1 heterocycles. The van der Waals surface area contributed by atoms with E-state index in [1.807, 2.05) is 0 Å². The molecule has 0 bridgehead atoms. The van der Waals surface area contributed by atoms with Gasteiger partial charge in [-0.25, -0.2) is 0 Å². The summed E-state index contributed by atoms with van der Waals surface area (Å²) in [5, 5.41) is 8.55. The van der Waals surface area contributed by atoms with Crippen LogP contribution in [-0.4, -0.2) is 23.1 Å². The van der Waals surface area contributed by atoms with Gasteiger partial charge in [-0.1, -0.05) is 0 Å². The van der Waals surface area contributed by atoms with Crippen LogP contribution in [0.1, 0.15) is 20.3 Å². The van der Waals surface area contributed by atoms with Crippen molar-refractivity contribution in [3.8, 4) is 0 Å². The third-order valence-corrected chi connectivity index (χ3v) is 1.63. The molecule has 0 saturated heterocycles. The molecular weight excluding hydrogens is 144 g/mol. The molecule has 0 radical (unpaired) electrons. The minimum atomic E-state index is -0.718. The average molecular weight is 156 g/mol. The first-order chi connectivity index (χ1) is 5.06. The minimum absolute atomic E-state index is 0.0230. The van der Waals surface area contributed by atoms with E-state index >= 15 is 0 Å². The zero-order chi connectivity index (χ0) is 8.48. The smallest absolute Gasteiger partial charge is 0.201 e. The monoisotopic (exact) mass is 156 g/mol. The van der Waals surface area contributed by atoms with Crippen LogP contribution in [0.2, 0.25) is 0 Å². The van der Waals surface area contributed by atoms with E-state index in [1.54, 1.807) is 13.8 Å². The Balaban J connectivity index is 2.64. The minimum Gasteiger partial charge on any atom is -0.484 e. The largest absolute Gasteiger partial charge is 0.484 e. The first-order valence-electron chi connectivity index (χ1n) is 3.61. The van der Waals surface area contributed by atoms with Crippen LogP contribution >= 0.6 is 0 Å². The second-order valence-electron chi connectivity index (χ2n) is 3.06. The molecule has 0 aromatic carbocycles. The number of hydrogen-bond donors (Lipinski definition) is 1. The highest BCUT2D eigenvalue weighted by Gasteiger charge is 2.34. The van der Waals surface area contributed by atoms with Crippen molar-refractivity contribution < 1.29 is 14.6 Å². The second-order valence-corrected chi connectivity index (χ2v) is 3.06. The van der Waals surface area contributed by atoms with Crippen LogP contribution in [0, 0.1) is 0 Å². The highest BCUT2D eigenvalue weighted by molar-refractivity contribution is 5.98. The van der Waals surface area contributed by atoms with E-state index in [0.717, 1.165) is 0 Å². The lowest BCUT2D eigenvalue weighted by Crippen LogP contribution is -2.27. The second kappa shape index (κ2) is 2.66. The summed E-state index contributed by atoms with van der Waals surface area (Å²) in [6.07, 6.45) is 1.88. The molecule has 0 spiro atoms. The number of ketones is 1. The summed E-state index contributed by atoms with van der Waals surface area (Å²) in [6, 6.07) is 0. The number of rotatable bonds is 2. The summed E-state index contributed by atoms with van der Waals surface area (Å²) in [5.74, 6) is 0.559. The van der Waals surface area contributed by atoms with Crippen molar-refractivity contribution in [1.29, 1.82) is 0 Å². The standard InChI is InChI=1S/C8H12O3/c1-8(2)7(10)5-6(11-8)3-4-9/h5,9H,3-4H2,1-2H3. The predicted molar refractivity (Wildman–Crippen MR) is 40.0 cm³/mol. The van der Waals surface area contributed by atoms with Crippen molar-refractivity contribution in [2.24, 2.45) is 0 Å².